The molecule has 0 spiro atoms. The van der Waals surface area contributed by atoms with Gasteiger partial charge in [-0.3, -0.25) is 9.98 Å². The first-order valence-electron chi connectivity index (χ1n) is 3.56. The van der Waals surface area contributed by atoms with Crippen molar-refractivity contribution >= 4 is 11.9 Å². The lowest BCUT2D eigenvalue weighted by Crippen LogP contribution is -1.94. The van der Waals surface area contributed by atoms with E-state index in [4.69, 9.17) is 0 Å². The molecule has 0 aromatic carbocycles. The van der Waals surface area contributed by atoms with Crippen LogP contribution in [-0.2, 0) is 0 Å². The van der Waals surface area contributed by atoms with Gasteiger partial charge in [-0.15, -0.1) is 0 Å². The van der Waals surface area contributed by atoms with Gasteiger partial charge in [-0.2, -0.15) is 0 Å². The number of hydrogen-bond acceptors (Lipinski definition) is 2. The van der Waals surface area contributed by atoms with E-state index >= 15 is 0 Å². The molecule has 0 aliphatic heterocycles. The number of rotatable bonds is 4. The molecule has 0 amide bonds. The Balaban J connectivity index is 3.69. The number of hydrogen-bond donors (Lipinski definition) is 0. The smallest absolute Gasteiger partial charge is 0.0769 e. The third-order valence-corrected chi connectivity index (χ3v) is 1.02. The average molecular weight is 150 g/mol. The molecule has 0 unspecified atom stereocenters. The van der Waals surface area contributed by atoms with Crippen LogP contribution in [-0.4, -0.2) is 18.5 Å². The van der Waals surface area contributed by atoms with Crippen LogP contribution in [0.2, 0.25) is 0 Å². The quantitative estimate of drug-likeness (QED) is 0.549. The molecule has 0 aromatic heterocycles. The first-order valence-corrected chi connectivity index (χ1v) is 3.56. The van der Waals surface area contributed by atoms with E-state index in [0.717, 1.165) is 5.71 Å². The van der Waals surface area contributed by atoms with Gasteiger partial charge in [0.1, 0.15) is 0 Å². The normalized spacial score (nSPS) is 13.1. The molecule has 11 heavy (non-hydrogen) atoms. The maximum absolute atomic E-state index is 4.09. The largest absolute Gasteiger partial charge is 0.287 e. The van der Waals surface area contributed by atoms with Gasteiger partial charge in [0.05, 0.1) is 6.54 Å². The van der Waals surface area contributed by atoms with Crippen molar-refractivity contribution in [2.45, 2.75) is 13.8 Å². The van der Waals surface area contributed by atoms with Crippen molar-refractivity contribution in [2.75, 3.05) is 6.54 Å². The molecule has 0 fully saturated rings. The Labute approximate surface area is 68.1 Å². The van der Waals surface area contributed by atoms with Gasteiger partial charge in [-0.25, -0.2) is 0 Å². The molecule has 0 atom stereocenters. The van der Waals surface area contributed by atoms with Crippen LogP contribution in [0.5, 0.6) is 0 Å². The minimum absolute atomic E-state index is 0.649. The van der Waals surface area contributed by atoms with Crippen molar-refractivity contribution < 1.29 is 0 Å². The van der Waals surface area contributed by atoms with Crippen molar-refractivity contribution in [3.8, 4) is 0 Å². The van der Waals surface area contributed by atoms with Gasteiger partial charge >= 0.3 is 0 Å². The molecule has 0 heterocycles. The molecule has 0 saturated heterocycles. The predicted molar refractivity (Wildman–Crippen MR) is 51.5 cm³/mol. The van der Waals surface area contributed by atoms with Crippen LogP contribution in [0.15, 0.2) is 34.9 Å². The molecule has 0 saturated carbocycles. The highest BCUT2D eigenvalue weighted by molar-refractivity contribution is 5.86. The highest BCUT2D eigenvalue weighted by atomic mass is 14.8. The second-order valence-electron chi connectivity index (χ2n) is 2.06. The molecule has 2 nitrogen and oxygen atoms in total. The molecule has 0 bridgehead atoms. The van der Waals surface area contributed by atoms with E-state index in [1.807, 2.05) is 26.0 Å². The van der Waals surface area contributed by atoms with E-state index in [-0.39, 0.29) is 0 Å². The van der Waals surface area contributed by atoms with Gasteiger partial charge in [0.2, 0.25) is 0 Å². The molecule has 0 aliphatic carbocycles. The molecule has 60 valence electrons. The van der Waals surface area contributed by atoms with E-state index in [1.165, 1.54) is 6.20 Å². The predicted octanol–water partition coefficient (Wildman–Crippen LogP) is 2.24. The summed E-state index contributed by atoms with van der Waals surface area (Å²) >= 11 is 0. The fourth-order valence-corrected chi connectivity index (χ4v) is 0.528. The second-order valence-corrected chi connectivity index (χ2v) is 2.06. The minimum Gasteiger partial charge on any atom is -0.287 e. The fourth-order valence-electron chi connectivity index (χ4n) is 0.528. The highest BCUT2D eigenvalue weighted by Crippen LogP contribution is 1.79. The van der Waals surface area contributed by atoms with Crippen LogP contribution in [0.1, 0.15) is 13.8 Å². The Hall–Kier alpha value is -1.18. The van der Waals surface area contributed by atoms with Gasteiger partial charge in [-0.05, 0) is 19.9 Å². The van der Waals surface area contributed by atoms with Crippen LogP contribution in [0.3, 0.4) is 0 Å². The minimum atomic E-state index is 0.649. The third kappa shape index (κ3) is 6.71. The van der Waals surface area contributed by atoms with Gasteiger partial charge in [0.15, 0.2) is 0 Å². The summed E-state index contributed by atoms with van der Waals surface area (Å²) in [5.41, 5.74) is 0.973. The summed E-state index contributed by atoms with van der Waals surface area (Å²) in [7, 11) is 0. The van der Waals surface area contributed by atoms with Crippen LogP contribution >= 0.6 is 0 Å². The first kappa shape index (κ1) is 9.82. The van der Waals surface area contributed by atoms with Gasteiger partial charge < -0.3 is 0 Å². The zero-order chi connectivity index (χ0) is 8.53. The first-order chi connectivity index (χ1) is 5.31. The topological polar surface area (TPSA) is 24.7 Å². The van der Waals surface area contributed by atoms with E-state index < -0.39 is 0 Å². The van der Waals surface area contributed by atoms with Crippen molar-refractivity contribution in [3.05, 3.63) is 24.9 Å². The Morgan fingerprint density at radius 1 is 1.55 bits per heavy atom. The van der Waals surface area contributed by atoms with Crippen molar-refractivity contribution in [1.82, 2.24) is 0 Å². The molecule has 2 heteroatoms. The van der Waals surface area contributed by atoms with E-state index in [9.17, 15) is 0 Å². The third-order valence-electron chi connectivity index (χ3n) is 1.02. The maximum atomic E-state index is 4.09. The second kappa shape index (κ2) is 6.93. The maximum Gasteiger partial charge on any atom is 0.0769 e. The standard InChI is InChI=1S/C9H14N2/c1-4-6-7-10-8-9(3)11-5-2/h4-7H,2,8H2,1,3H3/b6-4-,10-7-,11-9+. The Morgan fingerprint density at radius 3 is 2.82 bits per heavy atom. The molecular weight excluding hydrogens is 136 g/mol. The lowest BCUT2D eigenvalue weighted by atomic mass is 10.4. The van der Waals surface area contributed by atoms with Gasteiger partial charge in [0, 0.05) is 18.1 Å². The summed E-state index contributed by atoms with van der Waals surface area (Å²) in [5.74, 6) is 0. The lowest BCUT2D eigenvalue weighted by Gasteiger charge is -1.89. The van der Waals surface area contributed by atoms with Crippen LogP contribution in [0.25, 0.3) is 0 Å². The molecule has 0 N–H and O–H groups in total. The van der Waals surface area contributed by atoms with Crippen LogP contribution in [0.4, 0.5) is 0 Å². The fraction of sp³-hybridized carbons (Fsp3) is 0.333. The summed E-state index contributed by atoms with van der Waals surface area (Å²) < 4.78 is 0. The Bertz CT molecular complexity index is 188. The lowest BCUT2D eigenvalue weighted by molar-refractivity contribution is 1.28. The van der Waals surface area contributed by atoms with Gasteiger partial charge in [-0.1, -0.05) is 12.7 Å². The summed E-state index contributed by atoms with van der Waals surface area (Å²) in [6.07, 6.45) is 7.12. The van der Waals surface area contributed by atoms with E-state index in [0.29, 0.717) is 6.54 Å². The van der Waals surface area contributed by atoms with E-state index in [1.54, 1.807) is 6.21 Å². The molecule has 0 radical (unpaired) electrons. The monoisotopic (exact) mass is 150 g/mol. The Kier molecular flexibility index (Phi) is 6.19. The summed E-state index contributed by atoms with van der Waals surface area (Å²) in [6.45, 7) is 8.02. The number of nitrogens with zero attached hydrogens (tertiary/aromatic N) is 2. The summed E-state index contributed by atoms with van der Waals surface area (Å²) in [5, 5.41) is 0. The van der Waals surface area contributed by atoms with Crippen molar-refractivity contribution in [1.29, 1.82) is 0 Å². The number of allylic oxidation sites excluding steroid dienone is 2. The molecule has 0 aliphatic rings. The molecule has 0 rings (SSSR count). The van der Waals surface area contributed by atoms with Crippen molar-refractivity contribution in [3.63, 3.8) is 0 Å². The molecular formula is C9H14N2. The van der Waals surface area contributed by atoms with Crippen molar-refractivity contribution in [2.24, 2.45) is 9.98 Å². The SMILES string of the molecule is C=C/N=C(\C)C/N=C\C=C/C. The van der Waals surface area contributed by atoms with E-state index in [2.05, 4.69) is 16.6 Å². The molecule has 0 aromatic rings. The zero-order valence-corrected chi connectivity index (χ0v) is 7.12. The Morgan fingerprint density at radius 2 is 2.27 bits per heavy atom. The van der Waals surface area contributed by atoms with Crippen LogP contribution in [0, 0.1) is 0 Å². The van der Waals surface area contributed by atoms with Crippen LogP contribution < -0.4 is 0 Å². The highest BCUT2D eigenvalue weighted by Gasteiger charge is 1.82. The average Bonchev–Trinajstić information content (AvgIpc) is 1.99. The summed E-state index contributed by atoms with van der Waals surface area (Å²) in [4.78, 5) is 8.05. The zero-order valence-electron chi connectivity index (χ0n) is 7.12. The number of aliphatic imine (C=N–C) groups is 2. The van der Waals surface area contributed by atoms with Gasteiger partial charge in [0.25, 0.3) is 0 Å². The summed E-state index contributed by atoms with van der Waals surface area (Å²) in [6, 6.07) is 0.